The van der Waals surface area contributed by atoms with Crippen molar-refractivity contribution in [2.24, 2.45) is 11.8 Å². The molecule has 2 aromatic carbocycles. The van der Waals surface area contributed by atoms with Crippen molar-refractivity contribution in [1.29, 1.82) is 0 Å². The number of benzene rings is 2. The molecule has 0 amide bonds. The summed E-state index contributed by atoms with van der Waals surface area (Å²) in [4.78, 5) is 55.1. The topological polar surface area (TPSA) is 149 Å². The first-order chi connectivity index (χ1) is 32.6. The van der Waals surface area contributed by atoms with Gasteiger partial charge in [0.15, 0.2) is 10.1 Å². The van der Waals surface area contributed by atoms with Gasteiger partial charge in [0, 0.05) is 16.5 Å². The molecule has 1 spiro atoms. The maximum Gasteiger partial charge on any atom is 0.315 e. The van der Waals surface area contributed by atoms with Gasteiger partial charge < -0.3 is 37.9 Å². The second-order valence-corrected chi connectivity index (χ2v) is 23.2. The van der Waals surface area contributed by atoms with Gasteiger partial charge in [0.2, 0.25) is 10.2 Å². The molecule has 67 heavy (non-hydrogen) atoms. The number of carbonyl (C=O) groups is 4. The Morgan fingerprint density at radius 1 is 0.612 bits per heavy atom. The van der Waals surface area contributed by atoms with Crippen molar-refractivity contribution in [2.45, 2.75) is 141 Å². The van der Waals surface area contributed by atoms with Gasteiger partial charge in [-0.05, 0) is 161 Å². The number of fused-ring (bicyclic) bond motifs is 4. The summed E-state index contributed by atoms with van der Waals surface area (Å²) in [6.45, 7) is 5.89. The SMILES string of the molecule is CC(OCOC1CCC(C(=O)Oc2ccc(SC(=O)c3cccc4c3C3(CC4)CCc4cccc(C(=O)Sc5ccc(OC(=O)C6CCC(OCOC(C)C7CO7)CC6)s5)c43)s2)CC1)C1CO1. The van der Waals surface area contributed by atoms with Crippen LogP contribution in [-0.4, -0.2) is 85.6 Å². The number of ether oxygens (including phenoxy) is 8. The summed E-state index contributed by atoms with van der Waals surface area (Å²) >= 11 is 4.91. The van der Waals surface area contributed by atoms with Gasteiger partial charge in [0.1, 0.15) is 25.8 Å². The van der Waals surface area contributed by atoms with Crippen LogP contribution in [0.5, 0.6) is 10.1 Å². The fraction of sp³-hybridized carbons (Fsp3) is 0.529. The lowest BCUT2D eigenvalue weighted by atomic mass is 9.73. The second kappa shape index (κ2) is 20.9. The Morgan fingerprint density at radius 3 is 1.43 bits per heavy atom. The largest absolute Gasteiger partial charge is 0.415 e. The zero-order chi connectivity index (χ0) is 46.1. The maximum atomic E-state index is 14.3. The van der Waals surface area contributed by atoms with Crippen LogP contribution in [0.3, 0.4) is 0 Å². The van der Waals surface area contributed by atoms with Crippen molar-refractivity contribution in [2.75, 3.05) is 26.8 Å². The Hall–Kier alpha value is -3.42. The molecule has 12 nitrogen and oxygen atoms in total. The van der Waals surface area contributed by atoms with Gasteiger partial charge in [-0.3, -0.25) is 19.2 Å². The Morgan fingerprint density at radius 2 is 1.03 bits per heavy atom. The molecule has 10 rings (SSSR count). The summed E-state index contributed by atoms with van der Waals surface area (Å²) in [5.74, 6) is -0.907. The van der Waals surface area contributed by atoms with Gasteiger partial charge in [-0.15, -0.1) is 0 Å². The zero-order valence-corrected chi connectivity index (χ0v) is 41.0. The smallest absolute Gasteiger partial charge is 0.315 e. The van der Waals surface area contributed by atoms with Crippen LogP contribution in [0, 0.1) is 11.8 Å². The summed E-state index contributed by atoms with van der Waals surface area (Å²) in [5, 5.41) is 0.791. The molecule has 4 fully saturated rings. The van der Waals surface area contributed by atoms with E-state index in [2.05, 4.69) is 12.1 Å². The average Bonchev–Trinajstić information content (AvgIpc) is 4.22. The number of hydrogen-bond donors (Lipinski definition) is 0. The van der Waals surface area contributed by atoms with Gasteiger partial charge in [-0.2, -0.15) is 0 Å². The normalized spacial score (nSPS) is 27.0. The molecular weight excluding hydrogens is 933 g/mol. The minimum atomic E-state index is -0.474. The second-order valence-electron chi connectivity index (χ2n) is 18.5. The molecule has 4 atom stereocenters. The van der Waals surface area contributed by atoms with E-state index in [4.69, 9.17) is 37.9 Å². The molecule has 16 heteroatoms. The van der Waals surface area contributed by atoms with E-state index >= 15 is 0 Å². The van der Waals surface area contributed by atoms with Gasteiger partial charge >= 0.3 is 11.9 Å². The number of carbonyl (C=O) groups excluding carboxylic acids is 4. The van der Waals surface area contributed by atoms with Crippen LogP contribution in [0.4, 0.5) is 0 Å². The number of rotatable bonds is 18. The van der Waals surface area contributed by atoms with Gasteiger partial charge in [-0.25, -0.2) is 0 Å². The van der Waals surface area contributed by atoms with Crippen molar-refractivity contribution >= 4 is 68.4 Å². The van der Waals surface area contributed by atoms with E-state index in [-0.39, 0.29) is 84.2 Å². The lowest BCUT2D eigenvalue weighted by molar-refractivity contribution is -0.146. The van der Waals surface area contributed by atoms with Crippen molar-refractivity contribution in [3.8, 4) is 10.1 Å². The highest BCUT2D eigenvalue weighted by molar-refractivity contribution is 8.15. The third kappa shape index (κ3) is 11.0. The first-order valence-electron chi connectivity index (χ1n) is 23.6. The average molecular weight is 989 g/mol. The fourth-order valence-electron chi connectivity index (χ4n) is 10.3. The van der Waals surface area contributed by atoms with Crippen molar-refractivity contribution in [3.63, 3.8) is 0 Å². The summed E-state index contributed by atoms with van der Waals surface area (Å²) in [6, 6.07) is 19.2. The Labute approximate surface area is 407 Å². The molecule has 4 aliphatic carbocycles. The monoisotopic (exact) mass is 988 g/mol. The molecule has 0 radical (unpaired) electrons. The standard InChI is InChI=1S/C51H56O12S4/c1-29(39-25-56-39)58-27-60-35-13-9-33(10-14-35)47(52)62-41-17-19-43(64-41)66-49(54)37-7-3-5-31-21-23-51(45(31)37)24-22-32-6-4-8-38(46(32)51)50(55)67-44-20-18-42(65-44)63-48(53)34-11-15-36(16-12-34)61-28-59-30(2)40-26-57-40/h3-8,17-20,29-30,33-36,39-40H,9-16,21-28H2,1-2H3. The lowest BCUT2D eigenvalue weighted by Gasteiger charge is -2.30. The Kier molecular flexibility index (Phi) is 14.7. The highest BCUT2D eigenvalue weighted by atomic mass is 32.2. The summed E-state index contributed by atoms with van der Waals surface area (Å²) < 4.78 is 47.0. The van der Waals surface area contributed by atoms with E-state index in [1.54, 1.807) is 12.1 Å². The number of esters is 2. The maximum absolute atomic E-state index is 14.3. The van der Waals surface area contributed by atoms with Crippen molar-refractivity contribution < 1.29 is 57.1 Å². The quantitative estimate of drug-likeness (QED) is 0.0403. The van der Waals surface area contributed by atoms with E-state index in [9.17, 15) is 19.2 Å². The molecule has 2 saturated carbocycles. The van der Waals surface area contributed by atoms with Crippen LogP contribution in [-0.2, 0) is 56.3 Å². The van der Waals surface area contributed by atoms with Crippen LogP contribution < -0.4 is 9.47 Å². The van der Waals surface area contributed by atoms with Gasteiger partial charge in [-0.1, -0.05) is 59.1 Å². The number of thiophene rings is 2. The molecule has 4 heterocycles. The number of epoxide rings is 2. The van der Waals surface area contributed by atoms with Gasteiger partial charge in [0.05, 0.1) is 57.9 Å². The third-order valence-corrected chi connectivity index (χ3v) is 18.3. The molecule has 4 unspecified atom stereocenters. The molecule has 2 aliphatic heterocycles. The van der Waals surface area contributed by atoms with Crippen LogP contribution in [0.15, 0.2) is 69.1 Å². The molecule has 6 aliphatic rings. The first kappa shape index (κ1) is 47.3. The molecule has 0 N–H and O–H groups in total. The highest BCUT2D eigenvalue weighted by Crippen LogP contribution is 2.56. The molecule has 4 aromatic rings. The van der Waals surface area contributed by atoms with E-state index < -0.39 is 5.41 Å². The molecule has 0 bridgehead atoms. The van der Waals surface area contributed by atoms with Crippen LogP contribution in [0.1, 0.15) is 121 Å². The van der Waals surface area contributed by atoms with Crippen LogP contribution in [0.25, 0.3) is 0 Å². The minimum Gasteiger partial charge on any atom is -0.415 e. The number of hydrogen-bond acceptors (Lipinski definition) is 16. The van der Waals surface area contributed by atoms with E-state index in [1.807, 2.05) is 50.2 Å². The van der Waals surface area contributed by atoms with E-state index in [0.29, 0.717) is 46.9 Å². The zero-order valence-electron chi connectivity index (χ0n) is 37.7. The van der Waals surface area contributed by atoms with Gasteiger partial charge in [0.25, 0.3) is 0 Å². The van der Waals surface area contributed by atoms with Crippen molar-refractivity contribution in [3.05, 3.63) is 94.0 Å². The Bertz CT molecular complexity index is 2270. The highest BCUT2D eigenvalue weighted by Gasteiger charge is 2.49. The molecule has 2 saturated heterocycles. The summed E-state index contributed by atoms with van der Waals surface area (Å²) in [6.07, 6.45) is 9.53. The fourth-order valence-corrected chi connectivity index (χ4v) is 14.0. The van der Waals surface area contributed by atoms with E-state index in [0.717, 1.165) is 119 Å². The summed E-state index contributed by atoms with van der Waals surface area (Å²) in [7, 11) is 0. The molecule has 356 valence electrons. The van der Waals surface area contributed by atoms with E-state index in [1.165, 1.54) is 22.7 Å². The predicted octanol–water partition coefficient (Wildman–Crippen LogP) is 10.3. The summed E-state index contributed by atoms with van der Waals surface area (Å²) in [5.41, 5.74) is 5.16. The molecule has 2 aromatic heterocycles. The van der Waals surface area contributed by atoms with Crippen molar-refractivity contribution in [1.82, 2.24) is 0 Å². The number of aryl methyl sites for hydroxylation is 2. The number of thioether (sulfide) groups is 2. The van der Waals surface area contributed by atoms with Crippen LogP contribution >= 0.6 is 46.2 Å². The minimum absolute atomic E-state index is 0.0164. The predicted molar refractivity (Wildman–Crippen MR) is 255 cm³/mol. The Balaban J connectivity index is 0.742. The lowest BCUT2D eigenvalue weighted by Crippen LogP contribution is -2.29. The molecular formula is C51H56O12S4. The van der Waals surface area contributed by atoms with Crippen LogP contribution in [0.2, 0.25) is 0 Å². The third-order valence-electron chi connectivity index (χ3n) is 14.3. The first-order valence-corrected chi connectivity index (χ1v) is 26.9.